The second kappa shape index (κ2) is 11.7. The SMILES string of the molecule is FC(F)(F)c1ccc(Cl)cc1/C(=N/OCc1cccc(Cl)c1)c1ccccc1.N=S(=O)=O. The van der Waals surface area contributed by atoms with Crippen LogP contribution in [0.1, 0.15) is 22.3 Å². The van der Waals surface area contributed by atoms with Crippen molar-refractivity contribution in [3.8, 4) is 0 Å². The minimum absolute atomic E-state index is 0.0393. The first kappa shape index (κ1) is 25.4. The predicted octanol–water partition coefficient (Wildman–Crippen LogP) is 6.61. The number of hydrogen-bond acceptors (Lipinski definition) is 5. The van der Waals surface area contributed by atoms with E-state index in [1.807, 2.05) is 0 Å². The van der Waals surface area contributed by atoms with Gasteiger partial charge in [0.2, 0.25) is 0 Å². The molecule has 0 unspecified atom stereocenters. The molecule has 0 saturated heterocycles. The van der Waals surface area contributed by atoms with Crippen molar-refractivity contribution < 1.29 is 26.4 Å². The van der Waals surface area contributed by atoms with Crippen molar-refractivity contribution in [2.45, 2.75) is 12.8 Å². The number of hydrogen-bond donors (Lipinski definition) is 1. The maximum Gasteiger partial charge on any atom is 0.417 e. The molecule has 0 amide bonds. The third kappa shape index (κ3) is 7.99. The van der Waals surface area contributed by atoms with Gasteiger partial charge in [0.1, 0.15) is 12.3 Å². The highest BCUT2D eigenvalue weighted by molar-refractivity contribution is 7.60. The van der Waals surface area contributed by atoms with Gasteiger partial charge >= 0.3 is 16.7 Å². The van der Waals surface area contributed by atoms with Gasteiger partial charge in [0.05, 0.1) is 5.56 Å². The molecular weight excluding hydrogens is 488 g/mol. The van der Waals surface area contributed by atoms with Gasteiger partial charge in [0, 0.05) is 21.2 Å². The summed E-state index contributed by atoms with van der Waals surface area (Å²) in [6.07, 6.45) is -4.57. The van der Waals surface area contributed by atoms with Crippen molar-refractivity contribution in [2.24, 2.45) is 5.16 Å². The predicted molar refractivity (Wildman–Crippen MR) is 116 cm³/mol. The second-order valence-electron chi connectivity index (χ2n) is 6.13. The third-order valence-electron chi connectivity index (χ3n) is 3.87. The molecule has 5 nitrogen and oxygen atoms in total. The Kier molecular flexibility index (Phi) is 9.25. The van der Waals surface area contributed by atoms with Crippen LogP contribution in [0.2, 0.25) is 10.0 Å². The summed E-state index contributed by atoms with van der Waals surface area (Å²) in [7, 11) is -2.61. The molecule has 0 aromatic heterocycles. The van der Waals surface area contributed by atoms with Gasteiger partial charge in [-0.05, 0) is 35.9 Å². The van der Waals surface area contributed by atoms with Crippen molar-refractivity contribution in [1.82, 2.24) is 0 Å². The minimum Gasteiger partial charge on any atom is -0.390 e. The molecule has 0 aliphatic heterocycles. The van der Waals surface area contributed by atoms with E-state index in [0.717, 1.165) is 11.6 Å². The van der Waals surface area contributed by atoms with E-state index in [9.17, 15) is 13.2 Å². The highest BCUT2D eigenvalue weighted by Gasteiger charge is 2.35. The largest absolute Gasteiger partial charge is 0.417 e. The van der Waals surface area contributed by atoms with E-state index in [1.54, 1.807) is 54.6 Å². The summed E-state index contributed by atoms with van der Waals surface area (Å²) in [6.45, 7) is 0.0544. The van der Waals surface area contributed by atoms with E-state index < -0.39 is 22.2 Å². The molecule has 0 saturated carbocycles. The molecule has 0 heterocycles. The van der Waals surface area contributed by atoms with Crippen molar-refractivity contribution in [2.75, 3.05) is 0 Å². The van der Waals surface area contributed by atoms with Gasteiger partial charge in [0.15, 0.2) is 0 Å². The van der Waals surface area contributed by atoms with E-state index in [1.165, 1.54) is 12.1 Å². The van der Waals surface area contributed by atoms with Crippen molar-refractivity contribution in [3.63, 3.8) is 0 Å². The second-order valence-corrected chi connectivity index (χ2v) is 7.47. The molecule has 0 aliphatic rings. The Morgan fingerprint density at radius 1 is 0.938 bits per heavy atom. The summed E-state index contributed by atoms with van der Waals surface area (Å²) in [5.41, 5.74) is 0.257. The molecule has 3 rings (SSSR count). The van der Waals surface area contributed by atoms with Crippen LogP contribution in [-0.4, -0.2) is 14.1 Å². The molecular formula is C21H15Cl2F3N2O3S. The molecule has 0 atom stereocenters. The average molecular weight is 503 g/mol. The average Bonchev–Trinajstić information content (AvgIpc) is 2.70. The Balaban J connectivity index is 0.000000837. The van der Waals surface area contributed by atoms with E-state index in [2.05, 4.69) is 5.16 Å². The molecule has 0 spiro atoms. The molecule has 0 bridgehead atoms. The standard InChI is InChI=1S/C21H14Cl2F3NO.HNO2S/c22-16-8-4-5-14(11-16)13-28-27-20(15-6-2-1-3-7-15)18-12-17(23)9-10-19(18)21(24,25)26;1-4(2)3/h1-12H,13H2;1H/b27-20+;. The number of halogens is 5. The Morgan fingerprint density at radius 3 is 2.16 bits per heavy atom. The molecule has 0 radical (unpaired) electrons. The van der Waals surface area contributed by atoms with Crippen LogP contribution in [0.5, 0.6) is 0 Å². The quantitative estimate of drug-likeness (QED) is 0.314. The van der Waals surface area contributed by atoms with Crippen LogP contribution in [0.3, 0.4) is 0 Å². The summed E-state index contributed by atoms with van der Waals surface area (Å²) < 4.78 is 63.4. The molecule has 11 heteroatoms. The number of benzene rings is 3. The summed E-state index contributed by atoms with van der Waals surface area (Å²) >= 11 is 11.9. The van der Waals surface area contributed by atoms with Crippen LogP contribution in [-0.2, 0) is 28.1 Å². The molecule has 168 valence electrons. The maximum absolute atomic E-state index is 13.5. The Morgan fingerprint density at radius 2 is 1.56 bits per heavy atom. The molecule has 3 aromatic carbocycles. The van der Waals surface area contributed by atoms with Gasteiger partial charge in [-0.1, -0.05) is 70.8 Å². The molecule has 3 aromatic rings. The highest BCUT2D eigenvalue weighted by atomic mass is 35.5. The lowest BCUT2D eigenvalue weighted by atomic mass is 9.97. The van der Waals surface area contributed by atoms with Crippen molar-refractivity contribution >= 4 is 39.4 Å². The normalized spacial score (nSPS) is 11.3. The van der Waals surface area contributed by atoms with E-state index in [4.69, 9.17) is 41.2 Å². The van der Waals surface area contributed by atoms with Gasteiger partial charge in [-0.25, -0.2) is 0 Å². The topological polar surface area (TPSA) is 79.6 Å². The van der Waals surface area contributed by atoms with Gasteiger partial charge in [-0.3, -0.25) is 0 Å². The lowest BCUT2D eigenvalue weighted by molar-refractivity contribution is -0.137. The fourth-order valence-electron chi connectivity index (χ4n) is 2.61. The zero-order chi connectivity index (χ0) is 23.7. The van der Waals surface area contributed by atoms with Crippen molar-refractivity contribution in [1.29, 1.82) is 4.78 Å². The lowest BCUT2D eigenvalue weighted by Crippen LogP contribution is -2.15. The van der Waals surface area contributed by atoms with Crippen LogP contribution in [0.4, 0.5) is 13.2 Å². The fraction of sp³-hybridized carbons (Fsp3) is 0.0952. The smallest absolute Gasteiger partial charge is 0.390 e. The van der Waals surface area contributed by atoms with Crippen LogP contribution < -0.4 is 0 Å². The highest BCUT2D eigenvalue weighted by Crippen LogP contribution is 2.34. The Hall–Kier alpha value is -2.88. The molecule has 0 fully saturated rings. The number of nitrogens with zero attached hydrogens (tertiary/aromatic N) is 1. The molecule has 32 heavy (non-hydrogen) atoms. The summed E-state index contributed by atoms with van der Waals surface area (Å²) in [4.78, 5) is 5.37. The first-order valence-electron chi connectivity index (χ1n) is 8.75. The molecule has 0 aliphatic carbocycles. The van der Waals surface area contributed by atoms with Crippen LogP contribution in [0, 0.1) is 4.78 Å². The van der Waals surface area contributed by atoms with Crippen molar-refractivity contribution in [3.05, 3.63) is 105 Å². The first-order valence-corrected chi connectivity index (χ1v) is 10.6. The monoisotopic (exact) mass is 502 g/mol. The van der Waals surface area contributed by atoms with E-state index in [-0.39, 0.29) is 22.9 Å². The lowest BCUT2D eigenvalue weighted by Gasteiger charge is -2.15. The summed E-state index contributed by atoms with van der Waals surface area (Å²) in [6, 6.07) is 18.8. The number of oxime groups is 1. The first-order chi connectivity index (χ1) is 15.1. The van der Waals surface area contributed by atoms with Gasteiger partial charge in [0.25, 0.3) is 0 Å². The summed E-state index contributed by atoms with van der Waals surface area (Å²) in [5.74, 6) is 0. The number of nitrogens with one attached hydrogen (secondary N) is 1. The van der Waals surface area contributed by atoms with E-state index >= 15 is 0 Å². The Bertz CT molecular complexity index is 1200. The van der Waals surface area contributed by atoms with Gasteiger partial charge in [-0.15, -0.1) is 0 Å². The van der Waals surface area contributed by atoms with Gasteiger partial charge in [-0.2, -0.15) is 26.4 Å². The number of rotatable bonds is 5. The zero-order valence-electron chi connectivity index (χ0n) is 16.1. The van der Waals surface area contributed by atoms with Crippen LogP contribution in [0.25, 0.3) is 0 Å². The third-order valence-corrected chi connectivity index (χ3v) is 4.34. The number of alkyl halides is 3. The zero-order valence-corrected chi connectivity index (χ0v) is 18.4. The fourth-order valence-corrected chi connectivity index (χ4v) is 3.00. The maximum atomic E-state index is 13.5. The van der Waals surface area contributed by atoms with Gasteiger partial charge < -0.3 is 4.84 Å². The van der Waals surface area contributed by atoms with E-state index in [0.29, 0.717) is 10.6 Å². The minimum atomic E-state index is -4.57. The summed E-state index contributed by atoms with van der Waals surface area (Å²) in [5, 5.41) is 4.72. The van der Waals surface area contributed by atoms with Crippen LogP contribution in [0.15, 0.2) is 78.0 Å². The Labute approximate surface area is 193 Å². The van der Waals surface area contributed by atoms with Crippen LogP contribution >= 0.6 is 23.2 Å². The molecule has 1 N–H and O–H groups in total.